The summed E-state index contributed by atoms with van der Waals surface area (Å²) < 4.78 is 1.02. The molecule has 0 aliphatic carbocycles. The molecule has 6 heteroatoms. The Balaban J connectivity index is 1.88. The molecule has 94 valence electrons. The second kappa shape index (κ2) is 4.66. The first-order chi connectivity index (χ1) is 9.24. The molecular weight excluding hydrogens is 260 g/mol. The van der Waals surface area contributed by atoms with Gasteiger partial charge < -0.3 is 11.1 Å². The molecule has 3 N–H and O–H groups in total. The van der Waals surface area contributed by atoms with Crippen molar-refractivity contribution in [1.82, 2.24) is 9.97 Å². The third kappa shape index (κ3) is 2.25. The van der Waals surface area contributed by atoms with E-state index in [4.69, 9.17) is 5.73 Å². The van der Waals surface area contributed by atoms with Crippen molar-refractivity contribution in [1.29, 1.82) is 0 Å². The molecule has 0 saturated heterocycles. The van der Waals surface area contributed by atoms with Gasteiger partial charge in [0.15, 0.2) is 0 Å². The summed E-state index contributed by atoms with van der Waals surface area (Å²) in [7, 11) is 0. The Morgan fingerprint density at radius 3 is 3.05 bits per heavy atom. The minimum Gasteiger partial charge on any atom is -0.398 e. The number of anilines is 2. The molecule has 3 aromatic rings. The van der Waals surface area contributed by atoms with E-state index in [0.29, 0.717) is 16.9 Å². The average Bonchev–Trinajstić information content (AvgIpc) is 2.86. The number of nitrogens with zero attached hydrogens (tertiary/aromatic N) is 2. The van der Waals surface area contributed by atoms with Crippen molar-refractivity contribution < 1.29 is 4.79 Å². The molecule has 0 aliphatic rings. The van der Waals surface area contributed by atoms with Gasteiger partial charge in [0.05, 0.1) is 21.3 Å². The molecule has 0 fully saturated rings. The maximum absolute atomic E-state index is 12.1. The number of nitrogens with two attached hydrogens (primary N) is 1. The third-order valence-corrected chi connectivity index (χ3v) is 3.48. The summed E-state index contributed by atoms with van der Waals surface area (Å²) >= 11 is 1.53. The van der Waals surface area contributed by atoms with Gasteiger partial charge in [-0.3, -0.25) is 9.78 Å². The molecule has 0 aliphatic heterocycles. The lowest BCUT2D eigenvalue weighted by Gasteiger charge is -2.06. The minimum atomic E-state index is -0.269. The summed E-state index contributed by atoms with van der Waals surface area (Å²) in [6.45, 7) is 0. The van der Waals surface area contributed by atoms with Crippen LogP contribution in [0.5, 0.6) is 0 Å². The van der Waals surface area contributed by atoms with E-state index in [0.717, 1.165) is 10.2 Å². The van der Waals surface area contributed by atoms with Crippen LogP contribution in [0.4, 0.5) is 11.4 Å². The number of rotatable bonds is 2. The summed E-state index contributed by atoms with van der Waals surface area (Å²) in [5.74, 6) is -0.269. The Bertz CT molecular complexity index is 753. The molecule has 0 unspecified atom stereocenters. The van der Waals surface area contributed by atoms with E-state index < -0.39 is 0 Å². The van der Waals surface area contributed by atoms with Gasteiger partial charge in [0, 0.05) is 23.8 Å². The predicted octanol–water partition coefficient (Wildman–Crippen LogP) is 2.53. The van der Waals surface area contributed by atoms with Crippen LogP contribution in [0.1, 0.15) is 10.4 Å². The van der Waals surface area contributed by atoms with Crippen LogP contribution in [0.25, 0.3) is 10.2 Å². The van der Waals surface area contributed by atoms with Crippen molar-refractivity contribution in [2.24, 2.45) is 0 Å². The number of amides is 1. The molecule has 0 radical (unpaired) electrons. The van der Waals surface area contributed by atoms with E-state index in [9.17, 15) is 4.79 Å². The van der Waals surface area contributed by atoms with Crippen LogP contribution in [0.15, 0.2) is 42.2 Å². The number of aromatic nitrogens is 2. The van der Waals surface area contributed by atoms with Crippen molar-refractivity contribution in [2.75, 3.05) is 11.1 Å². The lowest BCUT2D eigenvalue weighted by Crippen LogP contribution is -2.14. The first-order valence-corrected chi connectivity index (χ1v) is 6.46. The smallest absolute Gasteiger partial charge is 0.259 e. The predicted molar refractivity (Wildman–Crippen MR) is 76.2 cm³/mol. The molecule has 5 nitrogen and oxygen atoms in total. The fraction of sp³-hybridized carbons (Fsp3) is 0. The number of hydrogen-bond donors (Lipinski definition) is 2. The molecule has 1 aromatic carbocycles. The summed E-state index contributed by atoms with van der Waals surface area (Å²) in [4.78, 5) is 20.2. The molecular formula is C13H10N4OS. The molecule has 0 bridgehead atoms. The monoisotopic (exact) mass is 270 g/mol. The SMILES string of the molecule is Nc1ccncc1C(=O)Nc1ccc2ncsc2c1. The van der Waals surface area contributed by atoms with Crippen LogP contribution in [-0.2, 0) is 0 Å². The number of carbonyl (C=O) groups is 1. The summed E-state index contributed by atoms with van der Waals surface area (Å²) in [5.41, 5.74) is 9.92. The number of thiazole rings is 1. The first kappa shape index (κ1) is 11.6. The van der Waals surface area contributed by atoms with Gasteiger partial charge in [-0.05, 0) is 24.3 Å². The van der Waals surface area contributed by atoms with Crippen molar-refractivity contribution >= 4 is 38.8 Å². The topological polar surface area (TPSA) is 80.9 Å². The molecule has 0 atom stereocenters. The Morgan fingerprint density at radius 1 is 1.32 bits per heavy atom. The average molecular weight is 270 g/mol. The maximum atomic E-state index is 12.1. The van der Waals surface area contributed by atoms with Crippen molar-refractivity contribution in [3.63, 3.8) is 0 Å². The quantitative estimate of drug-likeness (QED) is 0.749. The van der Waals surface area contributed by atoms with Crippen LogP contribution >= 0.6 is 11.3 Å². The lowest BCUT2D eigenvalue weighted by atomic mass is 10.2. The van der Waals surface area contributed by atoms with Crippen LogP contribution in [0.3, 0.4) is 0 Å². The molecule has 0 saturated carbocycles. The Hall–Kier alpha value is -2.47. The standard InChI is InChI=1S/C13H10N4OS/c14-10-3-4-15-6-9(10)13(18)17-8-1-2-11-12(5-8)19-7-16-11/h1-7H,(H2,14,15)(H,17,18). The normalized spacial score (nSPS) is 10.5. The largest absolute Gasteiger partial charge is 0.398 e. The van der Waals surface area contributed by atoms with E-state index in [1.165, 1.54) is 17.5 Å². The number of hydrogen-bond acceptors (Lipinski definition) is 5. The van der Waals surface area contributed by atoms with E-state index >= 15 is 0 Å². The zero-order chi connectivity index (χ0) is 13.2. The van der Waals surface area contributed by atoms with Crippen LogP contribution in [-0.4, -0.2) is 15.9 Å². The maximum Gasteiger partial charge on any atom is 0.259 e. The molecule has 2 heterocycles. The van der Waals surface area contributed by atoms with Crippen molar-refractivity contribution in [2.45, 2.75) is 0 Å². The zero-order valence-corrected chi connectivity index (χ0v) is 10.6. The highest BCUT2D eigenvalue weighted by molar-refractivity contribution is 7.16. The van der Waals surface area contributed by atoms with E-state index in [-0.39, 0.29) is 5.91 Å². The van der Waals surface area contributed by atoms with Gasteiger partial charge in [0.1, 0.15) is 0 Å². The number of nitrogens with one attached hydrogen (secondary N) is 1. The van der Waals surface area contributed by atoms with Gasteiger partial charge in [0.25, 0.3) is 5.91 Å². The van der Waals surface area contributed by atoms with Gasteiger partial charge >= 0.3 is 0 Å². The van der Waals surface area contributed by atoms with Gasteiger partial charge in [-0.2, -0.15) is 0 Å². The van der Waals surface area contributed by atoms with Crippen LogP contribution in [0, 0.1) is 0 Å². The van der Waals surface area contributed by atoms with Crippen LogP contribution in [0.2, 0.25) is 0 Å². The third-order valence-electron chi connectivity index (χ3n) is 2.69. The fourth-order valence-electron chi connectivity index (χ4n) is 1.73. The second-order valence-corrected chi connectivity index (χ2v) is 4.84. The van der Waals surface area contributed by atoms with E-state index in [1.807, 2.05) is 18.2 Å². The summed E-state index contributed by atoms with van der Waals surface area (Å²) in [5, 5.41) is 2.80. The summed E-state index contributed by atoms with van der Waals surface area (Å²) in [6.07, 6.45) is 3.01. The molecule has 0 spiro atoms. The summed E-state index contributed by atoms with van der Waals surface area (Å²) in [6, 6.07) is 7.17. The molecule has 19 heavy (non-hydrogen) atoms. The van der Waals surface area contributed by atoms with E-state index in [2.05, 4.69) is 15.3 Å². The number of benzene rings is 1. The van der Waals surface area contributed by atoms with Gasteiger partial charge in [-0.15, -0.1) is 11.3 Å². The van der Waals surface area contributed by atoms with Gasteiger partial charge in [0.2, 0.25) is 0 Å². The Labute approximate surface area is 113 Å². The highest BCUT2D eigenvalue weighted by Crippen LogP contribution is 2.22. The molecule has 1 amide bonds. The number of fused-ring (bicyclic) bond motifs is 1. The Kier molecular flexibility index (Phi) is 2.85. The van der Waals surface area contributed by atoms with Gasteiger partial charge in [-0.1, -0.05) is 0 Å². The lowest BCUT2D eigenvalue weighted by molar-refractivity contribution is 0.102. The van der Waals surface area contributed by atoms with E-state index in [1.54, 1.807) is 17.8 Å². The van der Waals surface area contributed by atoms with Crippen molar-refractivity contribution in [3.05, 3.63) is 47.7 Å². The molecule has 2 aromatic heterocycles. The number of nitrogen functional groups attached to an aromatic ring is 1. The highest BCUT2D eigenvalue weighted by Gasteiger charge is 2.10. The minimum absolute atomic E-state index is 0.269. The second-order valence-electron chi connectivity index (χ2n) is 3.95. The zero-order valence-electron chi connectivity index (χ0n) is 9.83. The van der Waals surface area contributed by atoms with Crippen LogP contribution < -0.4 is 11.1 Å². The number of carbonyl (C=O) groups excluding carboxylic acids is 1. The highest BCUT2D eigenvalue weighted by atomic mass is 32.1. The fourth-order valence-corrected chi connectivity index (χ4v) is 2.44. The van der Waals surface area contributed by atoms with Crippen molar-refractivity contribution in [3.8, 4) is 0 Å². The Morgan fingerprint density at radius 2 is 2.21 bits per heavy atom. The first-order valence-electron chi connectivity index (χ1n) is 5.58. The molecule has 3 rings (SSSR count). The van der Waals surface area contributed by atoms with Gasteiger partial charge in [-0.25, -0.2) is 4.98 Å². The number of pyridine rings is 1.